The van der Waals surface area contributed by atoms with Crippen LogP contribution < -0.4 is 9.47 Å². The zero-order valence-corrected chi connectivity index (χ0v) is 16.0. The highest BCUT2D eigenvalue weighted by Crippen LogP contribution is 2.51. The molecule has 142 valence electrons. The second kappa shape index (κ2) is 5.79. The molecule has 2 aromatic rings. The maximum atomic E-state index is 13.7. The quantitative estimate of drug-likeness (QED) is 0.761. The summed E-state index contributed by atoms with van der Waals surface area (Å²) in [5.74, 6) is 0.889. The van der Waals surface area contributed by atoms with Gasteiger partial charge in [0.05, 0.1) is 14.2 Å². The van der Waals surface area contributed by atoms with Gasteiger partial charge in [0.25, 0.3) is 0 Å². The van der Waals surface area contributed by atoms with Gasteiger partial charge in [0.15, 0.2) is 23.1 Å². The average molecular weight is 376 g/mol. The number of ketones is 2. The Morgan fingerprint density at radius 3 is 2.39 bits per heavy atom. The smallest absolute Gasteiger partial charge is 0.194 e. The third-order valence-corrected chi connectivity index (χ3v) is 6.32. The molecule has 6 rings (SSSR count). The van der Waals surface area contributed by atoms with Crippen molar-refractivity contribution in [3.05, 3.63) is 58.7 Å². The molecule has 0 aliphatic heterocycles. The fourth-order valence-corrected chi connectivity index (χ4v) is 4.91. The monoisotopic (exact) mass is 376 g/mol. The molecule has 0 amide bonds. The van der Waals surface area contributed by atoms with E-state index in [9.17, 15) is 9.59 Å². The van der Waals surface area contributed by atoms with Crippen molar-refractivity contribution in [1.29, 1.82) is 0 Å². The Kier molecular flexibility index (Phi) is 3.55. The highest BCUT2D eigenvalue weighted by Gasteiger charge is 2.51. The minimum atomic E-state index is -0.812. The van der Waals surface area contributed by atoms with Gasteiger partial charge in [-0.15, -0.1) is 0 Å². The molecule has 0 fully saturated rings. The van der Waals surface area contributed by atoms with Crippen LogP contribution in [0.1, 0.15) is 33.6 Å². The first-order chi connectivity index (χ1) is 13.5. The first kappa shape index (κ1) is 17.2. The molecule has 0 aromatic heterocycles. The van der Waals surface area contributed by atoms with Crippen molar-refractivity contribution in [2.75, 3.05) is 21.3 Å². The van der Waals surface area contributed by atoms with Gasteiger partial charge in [0.2, 0.25) is 0 Å². The number of allylic oxidation sites excluding steroid dienone is 2. The molecule has 5 nitrogen and oxygen atoms in total. The number of fused-ring (bicyclic) bond motifs is 4. The molecule has 2 atom stereocenters. The molecule has 2 bridgehead atoms. The van der Waals surface area contributed by atoms with Gasteiger partial charge in [-0.3, -0.25) is 9.59 Å². The molecule has 0 saturated carbocycles. The SMILES string of the molecule is COc1cc2ccc3c(c2cc1OC)C(=O)C1=C(C3=O)[C@@H]2C=C[C@@]1(OC)CC2. The summed E-state index contributed by atoms with van der Waals surface area (Å²) in [6.45, 7) is 0. The van der Waals surface area contributed by atoms with Crippen LogP contribution in [0.2, 0.25) is 0 Å². The molecule has 28 heavy (non-hydrogen) atoms. The number of hydrogen-bond donors (Lipinski definition) is 0. The van der Waals surface area contributed by atoms with Gasteiger partial charge >= 0.3 is 0 Å². The van der Waals surface area contributed by atoms with Crippen LogP contribution in [0.5, 0.6) is 11.5 Å². The van der Waals surface area contributed by atoms with Crippen molar-refractivity contribution in [3.63, 3.8) is 0 Å². The molecular weight excluding hydrogens is 356 g/mol. The van der Waals surface area contributed by atoms with Gasteiger partial charge in [0.1, 0.15) is 5.60 Å². The van der Waals surface area contributed by atoms with Gasteiger partial charge in [-0.25, -0.2) is 0 Å². The van der Waals surface area contributed by atoms with Crippen molar-refractivity contribution in [2.45, 2.75) is 18.4 Å². The van der Waals surface area contributed by atoms with E-state index < -0.39 is 5.60 Å². The zero-order valence-electron chi connectivity index (χ0n) is 16.0. The summed E-state index contributed by atoms with van der Waals surface area (Å²) in [6, 6.07) is 7.21. The minimum Gasteiger partial charge on any atom is -0.493 e. The molecule has 0 heterocycles. The molecule has 0 N–H and O–H groups in total. The maximum absolute atomic E-state index is 13.7. The average Bonchev–Trinajstić information content (AvgIpc) is 2.75. The van der Waals surface area contributed by atoms with E-state index in [1.165, 1.54) is 0 Å². The molecule has 2 aromatic carbocycles. The standard InChI is InChI=1S/C23H20O5/c1-26-16-10-13-4-5-14-19(15(13)11-17(16)27-2)22(25)20-18(21(14)24)12-6-8-23(20,28-3)9-7-12/h4-6,8,10-12H,7,9H2,1-3H3/t12-,23-/m1/s1. The lowest BCUT2D eigenvalue weighted by molar-refractivity contribution is 0.0343. The molecular formula is C23H20O5. The zero-order chi connectivity index (χ0) is 19.6. The summed E-state index contributed by atoms with van der Waals surface area (Å²) in [4.78, 5) is 27.1. The number of hydrogen-bond acceptors (Lipinski definition) is 5. The number of carbonyl (C=O) groups excluding carboxylic acids is 2. The lowest BCUT2D eigenvalue weighted by atomic mass is 9.62. The Bertz CT molecular complexity index is 1120. The predicted octanol–water partition coefficient (Wildman–Crippen LogP) is 3.90. The van der Waals surface area contributed by atoms with Crippen LogP contribution in [0, 0.1) is 5.92 Å². The Morgan fingerprint density at radius 2 is 1.75 bits per heavy atom. The highest BCUT2D eigenvalue weighted by molar-refractivity contribution is 6.32. The summed E-state index contributed by atoms with van der Waals surface area (Å²) >= 11 is 0. The van der Waals surface area contributed by atoms with E-state index >= 15 is 0 Å². The predicted molar refractivity (Wildman–Crippen MR) is 104 cm³/mol. The third kappa shape index (κ3) is 2.00. The van der Waals surface area contributed by atoms with Crippen LogP contribution in [0.25, 0.3) is 10.8 Å². The van der Waals surface area contributed by atoms with Crippen molar-refractivity contribution in [3.8, 4) is 11.5 Å². The van der Waals surface area contributed by atoms with E-state index in [4.69, 9.17) is 14.2 Å². The normalized spacial score (nSPS) is 25.2. The fourth-order valence-electron chi connectivity index (χ4n) is 4.91. The summed E-state index contributed by atoms with van der Waals surface area (Å²) < 4.78 is 16.6. The lowest BCUT2D eigenvalue weighted by Crippen LogP contribution is -2.47. The Labute approximate surface area is 162 Å². The van der Waals surface area contributed by atoms with E-state index in [1.807, 2.05) is 24.3 Å². The molecule has 0 spiro atoms. The highest BCUT2D eigenvalue weighted by atomic mass is 16.5. The number of methoxy groups -OCH3 is 3. The van der Waals surface area contributed by atoms with Gasteiger partial charge < -0.3 is 14.2 Å². The summed E-state index contributed by atoms with van der Waals surface area (Å²) in [6.07, 6.45) is 5.48. The third-order valence-electron chi connectivity index (χ3n) is 6.32. The minimum absolute atomic E-state index is 0.0160. The Hall–Kier alpha value is -2.92. The number of carbonyl (C=O) groups is 2. The number of benzene rings is 2. The number of ether oxygens (including phenoxy) is 3. The van der Waals surface area contributed by atoms with Crippen LogP contribution >= 0.6 is 0 Å². The van der Waals surface area contributed by atoms with E-state index in [0.29, 0.717) is 45.6 Å². The molecule has 4 aliphatic rings. The largest absolute Gasteiger partial charge is 0.493 e. The fraction of sp³-hybridized carbons (Fsp3) is 0.304. The molecule has 0 saturated heterocycles. The van der Waals surface area contributed by atoms with Gasteiger partial charge in [-0.1, -0.05) is 18.2 Å². The maximum Gasteiger partial charge on any atom is 0.194 e. The first-order valence-electron chi connectivity index (χ1n) is 9.32. The molecule has 5 heteroatoms. The summed E-state index contributed by atoms with van der Waals surface area (Å²) in [5, 5.41) is 1.52. The van der Waals surface area contributed by atoms with Crippen LogP contribution in [0.15, 0.2) is 47.6 Å². The van der Waals surface area contributed by atoms with E-state index in [1.54, 1.807) is 33.5 Å². The van der Waals surface area contributed by atoms with E-state index in [0.717, 1.165) is 11.8 Å². The van der Waals surface area contributed by atoms with Crippen molar-refractivity contribution in [1.82, 2.24) is 0 Å². The van der Waals surface area contributed by atoms with Crippen molar-refractivity contribution in [2.24, 2.45) is 5.92 Å². The van der Waals surface area contributed by atoms with Crippen molar-refractivity contribution >= 4 is 22.3 Å². The van der Waals surface area contributed by atoms with Crippen LogP contribution in [-0.4, -0.2) is 38.5 Å². The first-order valence-corrected chi connectivity index (χ1v) is 9.32. The van der Waals surface area contributed by atoms with Crippen LogP contribution in [-0.2, 0) is 4.74 Å². The lowest BCUT2D eigenvalue weighted by Gasteiger charge is -2.45. The second-order valence-corrected chi connectivity index (χ2v) is 7.46. The second-order valence-electron chi connectivity index (χ2n) is 7.46. The van der Waals surface area contributed by atoms with Crippen molar-refractivity contribution < 1.29 is 23.8 Å². The van der Waals surface area contributed by atoms with E-state index in [2.05, 4.69) is 0 Å². The number of rotatable bonds is 3. The number of Topliss-reactive ketones (excluding diaryl/α,β-unsaturated/α-hetero) is 2. The summed E-state index contributed by atoms with van der Waals surface area (Å²) in [5.41, 5.74) is 1.18. The molecule has 4 aliphatic carbocycles. The van der Waals surface area contributed by atoms with Crippen LogP contribution in [0.4, 0.5) is 0 Å². The van der Waals surface area contributed by atoms with E-state index in [-0.39, 0.29) is 17.5 Å². The van der Waals surface area contributed by atoms with Gasteiger partial charge in [-0.2, -0.15) is 0 Å². The van der Waals surface area contributed by atoms with Gasteiger partial charge in [-0.05, 0) is 41.8 Å². The Morgan fingerprint density at radius 1 is 1.00 bits per heavy atom. The Balaban J connectivity index is 1.81. The van der Waals surface area contributed by atoms with Crippen LogP contribution in [0.3, 0.4) is 0 Å². The topological polar surface area (TPSA) is 61.8 Å². The summed E-state index contributed by atoms with van der Waals surface area (Å²) in [7, 11) is 4.73. The molecule has 0 radical (unpaired) electrons. The van der Waals surface area contributed by atoms with Gasteiger partial charge in [0, 0.05) is 35.3 Å². The molecule has 0 unspecified atom stereocenters.